The molecule has 28 heavy (non-hydrogen) atoms. The van der Waals surface area contributed by atoms with Crippen LogP contribution in [0.25, 0.3) is 11.4 Å². The highest BCUT2D eigenvalue weighted by Gasteiger charge is 2.15. The summed E-state index contributed by atoms with van der Waals surface area (Å²) in [7, 11) is -3.57. The third-order valence-electron chi connectivity index (χ3n) is 3.89. The lowest BCUT2D eigenvalue weighted by Gasteiger charge is -2.06. The highest BCUT2D eigenvalue weighted by molar-refractivity contribution is 7.94. The molecule has 9 heteroatoms. The van der Waals surface area contributed by atoms with Crippen LogP contribution in [0.4, 0.5) is 5.69 Å². The Hall–Kier alpha value is -2.68. The number of nitrogens with one attached hydrogen (secondary N) is 1. The van der Waals surface area contributed by atoms with Gasteiger partial charge >= 0.3 is 0 Å². The molecular weight excluding hydrogens is 418 g/mol. The van der Waals surface area contributed by atoms with Gasteiger partial charge in [-0.05, 0) is 53.4 Å². The first-order valence-corrected chi connectivity index (χ1v) is 11.0. The number of anilines is 1. The third-order valence-corrected chi connectivity index (χ3v) is 6.92. The number of thiophene rings is 1. The summed E-state index contributed by atoms with van der Waals surface area (Å²) < 4.78 is 32.7. The van der Waals surface area contributed by atoms with Crippen LogP contribution in [0.5, 0.6) is 0 Å². The van der Waals surface area contributed by atoms with Gasteiger partial charge in [0.15, 0.2) is 0 Å². The fraction of sp³-hybridized carbons (Fsp3) is 0.0526. The molecule has 0 unspecified atom stereocenters. The summed E-state index contributed by atoms with van der Waals surface area (Å²) >= 11 is 7.05. The van der Waals surface area contributed by atoms with Gasteiger partial charge in [0, 0.05) is 16.3 Å². The highest BCUT2D eigenvalue weighted by Crippen LogP contribution is 2.23. The van der Waals surface area contributed by atoms with Crippen LogP contribution in [0, 0.1) is 0 Å². The molecule has 4 rings (SSSR count). The van der Waals surface area contributed by atoms with E-state index in [2.05, 4.69) is 14.9 Å². The zero-order valence-electron chi connectivity index (χ0n) is 14.4. The Morgan fingerprint density at radius 3 is 2.46 bits per heavy atom. The molecule has 2 aromatic carbocycles. The number of halogens is 1. The average molecular weight is 432 g/mol. The lowest BCUT2D eigenvalue weighted by molar-refractivity contribution is 0.385. The maximum atomic E-state index is 12.3. The zero-order chi connectivity index (χ0) is 19.6. The van der Waals surface area contributed by atoms with Crippen LogP contribution in [0.3, 0.4) is 0 Å². The summed E-state index contributed by atoms with van der Waals surface area (Å²) in [6.45, 7) is 0. The fourth-order valence-electron chi connectivity index (χ4n) is 2.53. The second-order valence-corrected chi connectivity index (χ2v) is 9.22. The van der Waals surface area contributed by atoms with Crippen LogP contribution in [0.1, 0.15) is 11.5 Å². The molecule has 0 radical (unpaired) electrons. The molecule has 0 aliphatic carbocycles. The van der Waals surface area contributed by atoms with Gasteiger partial charge in [-0.3, -0.25) is 4.72 Å². The van der Waals surface area contributed by atoms with Crippen LogP contribution in [0.2, 0.25) is 5.02 Å². The van der Waals surface area contributed by atoms with Gasteiger partial charge in [0.2, 0.25) is 11.7 Å². The summed E-state index contributed by atoms with van der Waals surface area (Å²) in [5, 5.41) is 6.38. The molecule has 0 saturated heterocycles. The minimum absolute atomic E-state index is 0.265. The summed E-state index contributed by atoms with van der Waals surface area (Å²) in [6, 6.07) is 17.5. The molecule has 0 aliphatic heterocycles. The largest absolute Gasteiger partial charge is 0.339 e. The van der Waals surface area contributed by atoms with Crippen molar-refractivity contribution in [2.75, 3.05) is 4.72 Å². The first-order chi connectivity index (χ1) is 13.5. The van der Waals surface area contributed by atoms with Gasteiger partial charge in [-0.2, -0.15) is 4.98 Å². The molecule has 0 amide bonds. The highest BCUT2D eigenvalue weighted by atomic mass is 35.5. The maximum absolute atomic E-state index is 12.3. The standard InChI is InChI=1S/C19H14ClN3O3S2/c20-15-7-3-13(4-8-15)12-17-21-19(22-26-17)14-5-9-16(10-6-14)23-28(24,25)18-2-1-11-27-18/h1-11,23H,12H2. The molecule has 6 nitrogen and oxygen atoms in total. The fourth-order valence-corrected chi connectivity index (χ4v) is 4.71. The zero-order valence-corrected chi connectivity index (χ0v) is 16.8. The van der Waals surface area contributed by atoms with E-state index in [1.807, 2.05) is 24.3 Å². The van der Waals surface area contributed by atoms with Crippen molar-refractivity contribution in [3.05, 3.63) is 82.5 Å². The summed E-state index contributed by atoms with van der Waals surface area (Å²) in [5.74, 6) is 0.927. The Morgan fingerprint density at radius 2 is 1.79 bits per heavy atom. The van der Waals surface area contributed by atoms with E-state index in [-0.39, 0.29) is 4.21 Å². The van der Waals surface area contributed by atoms with Crippen molar-refractivity contribution in [2.24, 2.45) is 0 Å². The van der Waals surface area contributed by atoms with Crippen molar-refractivity contribution in [1.82, 2.24) is 10.1 Å². The van der Waals surface area contributed by atoms with Crippen molar-refractivity contribution < 1.29 is 12.9 Å². The van der Waals surface area contributed by atoms with Crippen molar-refractivity contribution in [3.63, 3.8) is 0 Å². The van der Waals surface area contributed by atoms with E-state index in [0.717, 1.165) is 22.5 Å². The number of sulfonamides is 1. The van der Waals surface area contributed by atoms with Crippen molar-refractivity contribution in [2.45, 2.75) is 10.6 Å². The molecule has 0 bridgehead atoms. The van der Waals surface area contributed by atoms with Crippen LogP contribution in [0.15, 0.2) is 74.8 Å². The van der Waals surface area contributed by atoms with Gasteiger partial charge in [-0.15, -0.1) is 11.3 Å². The van der Waals surface area contributed by atoms with Crippen LogP contribution in [-0.2, 0) is 16.4 Å². The van der Waals surface area contributed by atoms with Gasteiger partial charge in [0.25, 0.3) is 10.0 Å². The van der Waals surface area contributed by atoms with E-state index in [1.54, 1.807) is 41.8 Å². The van der Waals surface area contributed by atoms with Crippen LogP contribution >= 0.6 is 22.9 Å². The maximum Gasteiger partial charge on any atom is 0.271 e. The minimum atomic E-state index is -3.57. The molecule has 0 atom stereocenters. The quantitative estimate of drug-likeness (QED) is 0.472. The molecule has 4 aromatic rings. The summed E-state index contributed by atoms with van der Waals surface area (Å²) in [6.07, 6.45) is 0.503. The lowest BCUT2D eigenvalue weighted by atomic mass is 10.1. The second-order valence-electron chi connectivity index (χ2n) is 5.93. The first-order valence-electron chi connectivity index (χ1n) is 8.23. The van der Waals surface area contributed by atoms with E-state index in [1.165, 1.54) is 0 Å². The molecule has 142 valence electrons. The predicted octanol–water partition coefficient (Wildman–Crippen LogP) is 4.84. The minimum Gasteiger partial charge on any atom is -0.339 e. The second kappa shape index (κ2) is 7.75. The van der Waals surface area contributed by atoms with E-state index >= 15 is 0 Å². The number of nitrogens with zero attached hydrogens (tertiary/aromatic N) is 2. The van der Waals surface area contributed by atoms with Gasteiger partial charge in [0.05, 0.1) is 6.42 Å². The summed E-state index contributed by atoms with van der Waals surface area (Å²) in [4.78, 5) is 4.40. The third kappa shape index (κ3) is 4.24. The number of aromatic nitrogens is 2. The Bertz CT molecular complexity index is 1170. The molecule has 0 saturated carbocycles. The lowest BCUT2D eigenvalue weighted by Crippen LogP contribution is -2.11. The molecule has 2 heterocycles. The van der Waals surface area contributed by atoms with Gasteiger partial charge in [0.1, 0.15) is 4.21 Å². The molecular formula is C19H14ClN3O3S2. The monoisotopic (exact) mass is 431 g/mol. The van der Waals surface area contributed by atoms with Crippen molar-refractivity contribution in [1.29, 1.82) is 0 Å². The van der Waals surface area contributed by atoms with Gasteiger partial charge < -0.3 is 4.52 Å². The topological polar surface area (TPSA) is 85.1 Å². The van der Waals surface area contributed by atoms with E-state index < -0.39 is 10.0 Å². The normalized spacial score (nSPS) is 11.5. The SMILES string of the molecule is O=S(=O)(Nc1ccc(-c2noc(Cc3ccc(Cl)cc3)n2)cc1)c1cccs1. The Labute approximate surface area is 170 Å². The molecule has 0 spiro atoms. The molecule has 1 N–H and O–H groups in total. The van der Waals surface area contributed by atoms with Crippen LogP contribution < -0.4 is 4.72 Å². The molecule has 0 aliphatic rings. The average Bonchev–Trinajstić information content (AvgIpc) is 3.37. The van der Waals surface area contributed by atoms with E-state index in [4.69, 9.17) is 16.1 Å². The van der Waals surface area contributed by atoms with Gasteiger partial charge in [-0.1, -0.05) is 35.0 Å². The predicted molar refractivity (Wildman–Crippen MR) is 109 cm³/mol. The summed E-state index contributed by atoms with van der Waals surface area (Å²) in [5.41, 5.74) is 2.20. The number of benzene rings is 2. The van der Waals surface area contributed by atoms with E-state index in [0.29, 0.717) is 28.8 Å². The van der Waals surface area contributed by atoms with Crippen molar-refractivity contribution in [3.8, 4) is 11.4 Å². The molecule has 2 aromatic heterocycles. The van der Waals surface area contributed by atoms with E-state index in [9.17, 15) is 8.42 Å². The number of hydrogen-bond acceptors (Lipinski definition) is 6. The Morgan fingerprint density at radius 1 is 1.04 bits per heavy atom. The van der Waals surface area contributed by atoms with Crippen LogP contribution in [-0.4, -0.2) is 18.6 Å². The number of hydrogen-bond donors (Lipinski definition) is 1. The van der Waals surface area contributed by atoms with Crippen molar-refractivity contribution >= 4 is 38.6 Å². The first kappa shape index (κ1) is 18.7. The Balaban J connectivity index is 1.47. The number of rotatable bonds is 6. The molecule has 0 fully saturated rings. The Kier molecular flexibility index (Phi) is 5.17. The van der Waals surface area contributed by atoms with Gasteiger partial charge in [-0.25, -0.2) is 8.42 Å². The smallest absolute Gasteiger partial charge is 0.271 e.